The van der Waals surface area contributed by atoms with E-state index in [1.54, 1.807) is 59.9 Å². The predicted octanol–water partition coefficient (Wildman–Crippen LogP) is 13.7. The summed E-state index contributed by atoms with van der Waals surface area (Å²) >= 11 is 1.68. The van der Waals surface area contributed by atoms with Gasteiger partial charge in [0.05, 0.1) is 33.2 Å². The molecule has 0 N–H and O–H groups in total. The van der Waals surface area contributed by atoms with Crippen LogP contribution in [0.15, 0.2) is 194 Å². The number of rotatable bonds is 6. The molecule has 0 aliphatic rings. The predicted molar refractivity (Wildman–Crippen MR) is 234 cm³/mol. The summed E-state index contributed by atoms with van der Waals surface area (Å²) in [5.41, 5.74) is 1.92. The van der Waals surface area contributed by atoms with Crippen molar-refractivity contribution in [2.45, 2.75) is 0 Å². The van der Waals surface area contributed by atoms with Crippen LogP contribution in [0.5, 0.6) is 0 Å². The molecular formula is C51H32N4S. The third-order valence-electron chi connectivity index (χ3n) is 9.79. The summed E-state index contributed by atoms with van der Waals surface area (Å²) < 4.78 is 112. The number of thiophene rings is 1. The van der Waals surface area contributed by atoms with Crippen molar-refractivity contribution in [1.29, 1.82) is 0 Å². The number of hydrogen-bond donors (Lipinski definition) is 0. The van der Waals surface area contributed by atoms with Crippen molar-refractivity contribution >= 4 is 53.3 Å². The third kappa shape index (κ3) is 5.48. The van der Waals surface area contributed by atoms with Gasteiger partial charge in [-0.15, -0.1) is 11.3 Å². The average molecular weight is 745 g/mol. The standard InChI is InChI=1S/C51H32N4S/c1-4-14-33(15-5-1)36-24-27-40-39-20-10-12-22-44(39)55(46(40)32-36)45-28-25-37(30-42(45)34-16-6-2-7-17-34)50-52-49(35-18-8-3-9-19-35)53-51(54-50)38-26-29-48-43(31-38)41-21-11-13-23-47(41)56-48/h1-32H/i2D,6D,7D,10D,12D,16D,17D,20D,22D,24D,27D,32D. The van der Waals surface area contributed by atoms with Crippen LogP contribution in [0, 0.1) is 0 Å². The van der Waals surface area contributed by atoms with E-state index in [4.69, 9.17) is 23.2 Å². The number of hydrogen-bond acceptors (Lipinski definition) is 4. The van der Waals surface area contributed by atoms with Gasteiger partial charge in [-0.3, -0.25) is 0 Å². The summed E-state index contributed by atoms with van der Waals surface area (Å²) in [5, 5.41) is 1.92. The first-order chi connectivity index (χ1) is 32.7. The third-order valence-corrected chi connectivity index (χ3v) is 10.9. The maximum Gasteiger partial charge on any atom is 0.164 e. The highest BCUT2D eigenvalue weighted by Gasteiger charge is 2.19. The molecule has 56 heavy (non-hydrogen) atoms. The Balaban J connectivity index is 1.26. The molecule has 0 aliphatic carbocycles. The van der Waals surface area contributed by atoms with Crippen molar-refractivity contribution in [1.82, 2.24) is 19.5 Å². The van der Waals surface area contributed by atoms with Crippen LogP contribution in [-0.4, -0.2) is 19.5 Å². The Kier molecular flexibility index (Phi) is 5.27. The van der Waals surface area contributed by atoms with Crippen molar-refractivity contribution in [2.75, 3.05) is 0 Å². The van der Waals surface area contributed by atoms with Crippen LogP contribution in [0.3, 0.4) is 0 Å². The summed E-state index contributed by atoms with van der Waals surface area (Å²) in [5.74, 6) is 0.863. The summed E-state index contributed by atoms with van der Waals surface area (Å²) in [6, 6.07) is 30.8. The highest BCUT2D eigenvalue weighted by Crippen LogP contribution is 2.40. The highest BCUT2D eigenvalue weighted by molar-refractivity contribution is 7.25. The van der Waals surface area contributed by atoms with Gasteiger partial charge in [0.1, 0.15) is 0 Å². The summed E-state index contributed by atoms with van der Waals surface area (Å²) in [6.07, 6.45) is 0. The molecule has 0 saturated carbocycles. The van der Waals surface area contributed by atoms with Gasteiger partial charge in [-0.25, -0.2) is 15.0 Å². The number of aromatic nitrogens is 4. The van der Waals surface area contributed by atoms with Gasteiger partial charge in [-0.2, -0.15) is 0 Å². The van der Waals surface area contributed by atoms with Gasteiger partial charge in [0, 0.05) is 53.2 Å². The van der Waals surface area contributed by atoms with Gasteiger partial charge >= 0.3 is 0 Å². The number of benzene rings is 8. The normalized spacial score (nSPS) is 14.6. The van der Waals surface area contributed by atoms with Crippen LogP contribution in [-0.2, 0) is 0 Å². The second-order valence-electron chi connectivity index (χ2n) is 13.1. The van der Waals surface area contributed by atoms with E-state index >= 15 is 0 Å². The molecule has 262 valence electrons. The molecule has 0 atom stereocenters. The molecule has 3 heterocycles. The molecule has 0 spiro atoms. The van der Waals surface area contributed by atoms with Crippen molar-refractivity contribution in [2.24, 2.45) is 0 Å². The van der Waals surface area contributed by atoms with E-state index in [1.165, 1.54) is 4.57 Å². The average Bonchev–Trinajstić information content (AvgIpc) is 3.93. The highest BCUT2D eigenvalue weighted by atomic mass is 32.1. The van der Waals surface area contributed by atoms with Crippen LogP contribution in [0.25, 0.3) is 104 Å². The Labute approximate surface area is 344 Å². The van der Waals surface area contributed by atoms with Crippen LogP contribution in [0.1, 0.15) is 16.4 Å². The van der Waals surface area contributed by atoms with E-state index in [2.05, 4.69) is 12.1 Å². The fraction of sp³-hybridized carbons (Fsp3) is 0. The Hall–Kier alpha value is -7.21. The molecule has 0 saturated heterocycles. The van der Waals surface area contributed by atoms with E-state index < -0.39 is 54.4 Å². The lowest BCUT2D eigenvalue weighted by molar-refractivity contribution is 1.07. The minimum absolute atomic E-state index is 0.0160. The fourth-order valence-electron chi connectivity index (χ4n) is 7.17. The number of para-hydroxylation sites is 1. The second kappa shape index (κ2) is 13.3. The first-order valence-corrected chi connectivity index (χ1v) is 18.6. The molecule has 0 radical (unpaired) electrons. The molecule has 0 aliphatic heterocycles. The van der Waals surface area contributed by atoms with Crippen molar-refractivity contribution in [3.8, 4) is 62.1 Å². The van der Waals surface area contributed by atoms with E-state index in [9.17, 15) is 8.22 Å². The zero-order chi connectivity index (χ0) is 47.4. The smallest absolute Gasteiger partial charge is 0.164 e. The largest absolute Gasteiger partial charge is 0.309 e. The van der Waals surface area contributed by atoms with E-state index in [-0.39, 0.29) is 68.1 Å². The van der Waals surface area contributed by atoms with Crippen LogP contribution >= 0.6 is 11.3 Å². The van der Waals surface area contributed by atoms with Gasteiger partial charge < -0.3 is 4.57 Å². The molecule has 0 bridgehead atoms. The Morgan fingerprint density at radius 3 is 1.84 bits per heavy atom. The first kappa shape index (κ1) is 22.2. The maximum atomic E-state index is 9.79. The minimum atomic E-state index is -0.625. The Morgan fingerprint density at radius 2 is 1.04 bits per heavy atom. The van der Waals surface area contributed by atoms with Gasteiger partial charge in [-0.1, -0.05) is 139 Å². The molecule has 3 aromatic heterocycles. The lowest BCUT2D eigenvalue weighted by Gasteiger charge is -2.16. The zero-order valence-corrected chi connectivity index (χ0v) is 30.1. The molecule has 11 rings (SSSR count). The minimum Gasteiger partial charge on any atom is -0.309 e. The molecular weight excluding hydrogens is 701 g/mol. The van der Waals surface area contributed by atoms with Gasteiger partial charge in [0.2, 0.25) is 0 Å². The lowest BCUT2D eigenvalue weighted by Crippen LogP contribution is -2.02. The monoisotopic (exact) mass is 744 g/mol. The molecule has 4 nitrogen and oxygen atoms in total. The molecule has 0 fully saturated rings. The van der Waals surface area contributed by atoms with Gasteiger partial charge in [0.15, 0.2) is 17.5 Å². The van der Waals surface area contributed by atoms with Crippen LogP contribution in [0.2, 0.25) is 0 Å². The molecule has 5 heteroatoms. The second-order valence-corrected chi connectivity index (χ2v) is 14.2. The summed E-state index contributed by atoms with van der Waals surface area (Å²) in [7, 11) is 0. The number of fused-ring (bicyclic) bond motifs is 6. The molecule has 0 unspecified atom stereocenters. The van der Waals surface area contributed by atoms with Gasteiger partial charge in [-0.05, 0) is 71.2 Å². The quantitative estimate of drug-likeness (QED) is 0.170. The van der Waals surface area contributed by atoms with Crippen molar-refractivity contribution in [3.63, 3.8) is 0 Å². The zero-order valence-electron chi connectivity index (χ0n) is 41.2. The molecule has 0 amide bonds. The van der Waals surface area contributed by atoms with Crippen molar-refractivity contribution < 1.29 is 16.4 Å². The van der Waals surface area contributed by atoms with E-state index in [1.807, 2.05) is 60.7 Å². The summed E-state index contributed by atoms with van der Waals surface area (Å²) in [4.78, 5) is 14.9. The SMILES string of the molecule is [2H]c1c([2H])c([2H])c(-c2cc(-c3nc(-c4ccccc4)nc(-c4ccc5sc6ccccc6c5c4)n3)ccc2-n2c3c([2H])c([2H])c([2H])c([2H])c3c3c([2H])c([2H])c(-c4ccccc4)c([2H])c32)c([2H])c1[2H]. The molecule has 8 aromatic carbocycles. The van der Waals surface area contributed by atoms with E-state index in [0.29, 0.717) is 33.9 Å². The molecule has 11 aromatic rings. The number of nitrogens with zero attached hydrogens (tertiary/aromatic N) is 4. The fourth-order valence-corrected chi connectivity index (χ4v) is 8.26. The van der Waals surface area contributed by atoms with Crippen LogP contribution in [0.4, 0.5) is 0 Å². The van der Waals surface area contributed by atoms with E-state index in [0.717, 1.165) is 20.2 Å². The Bertz CT molecular complexity index is 3920. The maximum absolute atomic E-state index is 9.79. The van der Waals surface area contributed by atoms with Gasteiger partial charge in [0.25, 0.3) is 0 Å². The lowest BCUT2D eigenvalue weighted by atomic mass is 9.99. The topological polar surface area (TPSA) is 43.6 Å². The first-order valence-electron chi connectivity index (χ1n) is 23.8. The Morgan fingerprint density at radius 1 is 0.411 bits per heavy atom. The van der Waals surface area contributed by atoms with Crippen LogP contribution < -0.4 is 0 Å². The summed E-state index contributed by atoms with van der Waals surface area (Å²) in [6.45, 7) is 0. The van der Waals surface area contributed by atoms with Crippen molar-refractivity contribution in [3.05, 3.63) is 194 Å².